The van der Waals surface area contributed by atoms with Crippen molar-refractivity contribution in [2.45, 2.75) is 43.4 Å². The molecule has 0 saturated heterocycles. The summed E-state index contributed by atoms with van der Waals surface area (Å²) in [4.78, 5) is 10.8. The summed E-state index contributed by atoms with van der Waals surface area (Å²) in [6.45, 7) is 1.76. The standard InChI is InChI=1S/C12H12F2N2S2/c1-6-15-10-9(11(16-6)18-12(13)14)7-4-2-3-5-8(7)17-10/h12H,2-5H2,1H3. The van der Waals surface area contributed by atoms with E-state index >= 15 is 0 Å². The minimum absolute atomic E-state index is 0.451. The van der Waals surface area contributed by atoms with Crippen LogP contribution in [0, 0.1) is 6.92 Å². The first kappa shape index (κ1) is 12.3. The highest BCUT2D eigenvalue weighted by molar-refractivity contribution is 7.99. The van der Waals surface area contributed by atoms with Crippen molar-refractivity contribution in [2.75, 3.05) is 0 Å². The Morgan fingerprint density at radius 3 is 2.78 bits per heavy atom. The number of thioether (sulfide) groups is 1. The lowest BCUT2D eigenvalue weighted by atomic mass is 9.97. The maximum absolute atomic E-state index is 12.6. The zero-order valence-corrected chi connectivity index (χ0v) is 11.5. The Morgan fingerprint density at radius 2 is 2.00 bits per heavy atom. The van der Waals surface area contributed by atoms with E-state index in [-0.39, 0.29) is 0 Å². The number of halogens is 2. The van der Waals surface area contributed by atoms with Gasteiger partial charge < -0.3 is 0 Å². The van der Waals surface area contributed by atoms with E-state index in [0.29, 0.717) is 22.6 Å². The van der Waals surface area contributed by atoms with E-state index in [1.165, 1.54) is 16.9 Å². The predicted molar refractivity (Wildman–Crippen MR) is 70.7 cm³/mol. The smallest absolute Gasteiger partial charge is 0.226 e. The zero-order chi connectivity index (χ0) is 12.7. The van der Waals surface area contributed by atoms with Gasteiger partial charge in [-0.15, -0.1) is 11.3 Å². The van der Waals surface area contributed by atoms with Crippen LogP contribution in [0.2, 0.25) is 0 Å². The third-order valence-corrected chi connectivity index (χ3v) is 4.98. The molecule has 2 heterocycles. The second-order valence-corrected chi connectivity index (χ2v) is 6.41. The lowest BCUT2D eigenvalue weighted by molar-refractivity contribution is 0.252. The molecule has 0 spiro atoms. The topological polar surface area (TPSA) is 25.8 Å². The van der Waals surface area contributed by atoms with E-state index < -0.39 is 5.76 Å². The average Bonchev–Trinajstić information content (AvgIpc) is 2.65. The minimum Gasteiger partial charge on any atom is -0.226 e. The lowest BCUT2D eigenvalue weighted by Crippen LogP contribution is -2.00. The average molecular weight is 286 g/mol. The second-order valence-electron chi connectivity index (χ2n) is 4.35. The van der Waals surface area contributed by atoms with Gasteiger partial charge in [0, 0.05) is 10.3 Å². The van der Waals surface area contributed by atoms with Gasteiger partial charge in [-0.2, -0.15) is 8.78 Å². The number of rotatable bonds is 2. The van der Waals surface area contributed by atoms with Crippen molar-refractivity contribution in [1.29, 1.82) is 0 Å². The van der Waals surface area contributed by atoms with E-state index in [1.807, 2.05) is 0 Å². The fourth-order valence-electron chi connectivity index (χ4n) is 2.40. The largest absolute Gasteiger partial charge is 0.290 e. The number of aryl methyl sites for hydroxylation is 3. The van der Waals surface area contributed by atoms with Crippen LogP contribution >= 0.6 is 23.1 Å². The van der Waals surface area contributed by atoms with Crippen LogP contribution < -0.4 is 0 Å². The molecule has 2 aromatic rings. The Labute approximate surface area is 112 Å². The van der Waals surface area contributed by atoms with Crippen LogP contribution in [0.25, 0.3) is 10.2 Å². The monoisotopic (exact) mass is 286 g/mol. The van der Waals surface area contributed by atoms with Gasteiger partial charge in [-0.25, -0.2) is 9.97 Å². The highest BCUT2D eigenvalue weighted by atomic mass is 32.2. The second kappa shape index (κ2) is 4.74. The third kappa shape index (κ3) is 2.12. The molecule has 3 rings (SSSR count). The van der Waals surface area contributed by atoms with Gasteiger partial charge in [0.25, 0.3) is 5.76 Å². The molecule has 0 N–H and O–H groups in total. The maximum atomic E-state index is 12.6. The van der Waals surface area contributed by atoms with Gasteiger partial charge in [0.1, 0.15) is 15.7 Å². The molecule has 0 fully saturated rings. The van der Waals surface area contributed by atoms with Gasteiger partial charge in [-0.05, 0) is 49.9 Å². The van der Waals surface area contributed by atoms with Gasteiger partial charge in [0.2, 0.25) is 0 Å². The first-order chi connectivity index (χ1) is 8.65. The van der Waals surface area contributed by atoms with Crippen molar-refractivity contribution in [3.8, 4) is 0 Å². The normalized spacial score (nSPS) is 15.3. The summed E-state index contributed by atoms with van der Waals surface area (Å²) in [6, 6.07) is 0. The Kier molecular flexibility index (Phi) is 3.23. The molecule has 2 aromatic heterocycles. The van der Waals surface area contributed by atoms with Crippen LogP contribution in [0.3, 0.4) is 0 Å². The number of hydrogen-bond donors (Lipinski definition) is 0. The van der Waals surface area contributed by atoms with Crippen LogP contribution in [0.15, 0.2) is 5.03 Å². The highest BCUT2D eigenvalue weighted by Crippen LogP contribution is 2.40. The molecule has 0 radical (unpaired) electrons. The number of nitrogens with zero attached hydrogens (tertiary/aromatic N) is 2. The first-order valence-electron chi connectivity index (χ1n) is 5.89. The maximum Gasteiger partial charge on any atom is 0.290 e. The number of alkyl halides is 2. The molecule has 0 saturated carbocycles. The Balaban J connectivity index is 2.22. The Hall–Kier alpha value is -0.750. The van der Waals surface area contributed by atoms with Gasteiger partial charge in [0.15, 0.2) is 0 Å². The number of fused-ring (bicyclic) bond motifs is 3. The Bertz CT molecular complexity index is 595. The van der Waals surface area contributed by atoms with Gasteiger partial charge >= 0.3 is 0 Å². The van der Waals surface area contributed by atoms with Crippen molar-refractivity contribution in [3.05, 3.63) is 16.3 Å². The van der Waals surface area contributed by atoms with Crippen molar-refractivity contribution in [2.24, 2.45) is 0 Å². The van der Waals surface area contributed by atoms with E-state index in [9.17, 15) is 8.78 Å². The van der Waals surface area contributed by atoms with Crippen LogP contribution in [-0.2, 0) is 12.8 Å². The molecule has 0 aromatic carbocycles. The van der Waals surface area contributed by atoms with Crippen molar-refractivity contribution in [1.82, 2.24) is 9.97 Å². The molecule has 18 heavy (non-hydrogen) atoms. The molecule has 0 atom stereocenters. The van der Waals surface area contributed by atoms with Gasteiger partial charge in [-0.1, -0.05) is 0 Å². The molecule has 6 heteroatoms. The van der Waals surface area contributed by atoms with E-state index in [1.54, 1.807) is 18.3 Å². The summed E-state index contributed by atoms with van der Waals surface area (Å²) >= 11 is 2.19. The van der Waals surface area contributed by atoms with Crippen LogP contribution in [0.1, 0.15) is 29.1 Å². The third-order valence-electron chi connectivity index (χ3n) is 3.09. The van der Waals surface area contributed by atoms with Crippen molar-refractivity contribution in [3.63, 3.8) is 0 Å². The van der Waals surface area contributed by atoms with E-state index in [0.717, 1.165) is 29.5 Å². The van der Waals surface area contributed by atoms with E-state index in [4.69, 9.17) is 0 Å². The zero-order valence-electron chi connectivity index (χ0n) is 9.87. The molecule has 1 aliphatic rings. The SMILES string of the molecule is Cc1nc(SC(F)F)c2c3c(sc2n1)CCCC3. The van der Waals surface area contributed by atoms with Crippen LogP contribution in [0.5, 0.6) is 0 Å². The van der Waals surface area contributed by atoms with Gasteiger partial charge in [-0.3, -0.25) is 0 Å². The molecule has 0 aliphatic heterocycles. The van der Waals surface area contributed by atoms with Crippen molar-refractivity contribution >= 4 is 33.3 Å². The van der Waals surface area contributed by atoms with Gasteiger partial charge in [0.05, 0.1) is 0 Å². The quantitative estimate of drug-likeness (QED) is 0.611. The molecular formula is C12H12F2N2S2. The summed E-state index contributed by atoms with van der Waals surface area (Å²) in [6.07, 6.45) is 4.34. The molecule has 96 valence electrons. The minimum atomic E-state index is -2.43. The summed E-state index contributed by atoms with van der Waals surface area (Å²) in [5.74, 6) is -1.86. The molecule has 0 amide bonds. The number of thiophene rings is 1. The first-order valence-corrected chi connectivity index (χ1v) is 7.58. The summed E-state index contributed by atoms with van der Waals surface area (Å²) < 4.78 is 25.2. The van der Waals surface area contributed by atoms with Crippen LogP contribution in [-0.4, -0.2) is 15.7 Å². The van der Waals surface area contributed by atoms with Crippen molar-refractivity contribution < 1.29 is 8.78 Å². The number of hydrogen-bond acceptors (Lipinski definition) is 4. The predicted octanol–water partition coefficient (Wildman–Crippen LogP) is 4.19. The molecule has 2 nitrogen and oxygen atoms in total. The van der Waals surface area contributed by atoms with Crippen LogP contribution in [0.4, 0.5) is 8.78 Å². The molecule has 0 bridgehead atoms. The fourth-order valence-corrected chi connectivity index (χ4v) is 4.46. The fraction of sp³-hybridized carbons (Fsp3) is 0.500. The number of aromatic nitrogens is 2. The Morgan fingerprint density at radius 1 is 1.22 bits per heavy atom. The highest BCUT2D eigenvalue weighted by Gasteiger charge is 2.22. The van der Waals surface area contributed by atoms with E-state index in [2.05, 4.69) is 9.97 Å². The molecular weight excluding hydrogens is 274 g/mol. The summed E-state index contributed by atoms with van der Waals surface area (Å²) in [5, 5.41) is 1.33. The summed E-state index contributed by atoms with van der Waals surface area (Å²) in [5.41, 5.74) is 1.21. The summed E-state index contributed by atoms with van der Waals surface area (Å²) in [7, 11) is 0. The molecule has 0 unspecified atom stereocenters. The lowest BCUT2D eigenvalue weighted by Gasteiger charge is -2.11. The molecule has 1 aliphatic carbocycles.